The predicted octanol–water partition coefficient (Wildman–Crippen LogP) is 5.38. The first-order chi connectivity index (χ1) is 17.9. The summed E-state index contributed by atoms with van der Waals surface area (Å²) in [4.78, 5) is 38.7. The van der Waals surface area contributed by atoms with Crippen LogP contribution in [0.5, 0.6) is 11.5 Å². The van der Waals surface area contributed by atoms with Gasteiger partial charge in [-0.3, -0.25) is 14.4 Å². The second kappa shape index (κ2) is 10.4. The Morgan fingerprint density at radius 3 is 2.32 bits per heavy atom. The largest absolute Gasteiger partial charge is 0.493 e. The number of carbonyl (C=O) groups is 3. The molecule has 1 aliphatic heterocycles. The Hall–Kier alpha value is -3.58. The molecule has 1 amide bonds. The summed E-state index contributed by atoms with van der Waals surface area (Å²) in [5.41, 5.74) is 5.49. The zero-order valence-electron chi connectivity index (χ0n) is 20.9. The Bertz CT molecular complexity index is 1320. The number of carbonyl (C=O) groups excluding carboxylic acids is 3. The van der Waals surface area contributed by atoms with Crippen LogP contribution < -0.4 is 20.1 Å². The van der Waals surface area contributed by atoms with Gasteiger partial charge in [0, 0.05) is 47.0 Å². The lowest BCUT2D eigenvalue weighted by Gasteiger charge is -2.37. The molecule has 192 valence electrons. The van der Waals surface area contributed by atoms with E-state index in [-0.39, 0.29) is 34.9 Å². The molecule has 3 aliphatic rings. The molecule has 0 unspecified atom stereocenters. The maximum absolute atomic E-state index is 13.1. The van der Waals surface area contributed by atoms with Crippen LogP contribution in [0.15, 0.2) is 58.9 Å². The molecule has 2 aliphatic carbocycles. The SMILES string of the molecule is COc1cc(C2C3=C(CCCC3=O)NC3=C2C(=O)CCC3)cc(Cl)c1OCC(=O)Nc1cccc(C)c1. The third-order valence-electron chi connectivity index (χ3n) is 7.03. The number of nitrogens with one attached hydrogen (secondary N) is 2. The number of hydrogen-bond acceptors (Lipinski definition) is 6. The zero-order chi connectivity index (χ0) is 26.1. The van der Waals surface area contributed by atoms with Gasteiger partial charge in [0.15, 0.2) is 29.7 Å². The smallest absolute Gasteiger partial charge is 0.262 e. The van der Waals surface area contributed by atoms with Gasteiger partial charge in [0.05, 0.1) is 12.1 Å². The standard InChI is InChI=1S/C29H29ClN2O5/c1-16-6-3-7-18(12-16)31-25(35)15-37-29-19(30)13-17(14-24(29)36-2)26-27-20(8-4-10-22(27)33)32-21-9-5-11-23(34)28(21)26/h3,6-7,12-14,26,32H,4-5,8-11,15H2,1-2H3,(H,31,35). The first-order valence-corrected chi connectivity index (χ1v) is 12.9. The Labute approximate surface area is 220 Å². The van der Waals surface area contributed by atoms with Crippen molar-refractivity contribution in [2.45, 2.75) is 51.4 Å². The zero-order valence-corrected chi connectivity index (χ0v) is 21.7. The number of ketones is 2. The molecule has 7 nitrogen and oxygen atoms in total. The summed E-state index contributed by atoms with van der Waals surface area (Å²) in [5, 5.41) is 6.46. The minimum Gasteiger partial charge on any atom is -0.493 e. The Morgan fingerprint density at radius 1 is 1.03 bits per heavy atom. The number of methoxy groups -OCH3 is 1. The van der Waals surface area contributed by atoms with Crippen molar-refractivity contribution in [1.82, 2.24) is 5.32 Å². The van der Waals surface area contributed by atoms with Crippen LogP contribution in [0.1, 0.15) is 55.6 Å². The lowest BCUT2D eigenvalue weighted by atomic mass is 9.71. The normalized spacial score (nSPS) is 17.7. The van der Waals surface area contributed by atoms with Gasteiger partial charge in [-0.2, -0.15) is 0 Å². The fourth-order valence-corrected chi connectivity index (χ4v) is 5.69. The fraction of sp³-hybridized carbons (Fsp3) is 0.345. The van der Waals surface area contributed by atoms with Crippen LogP contribution in [0.3, 0.4) is 0 Å². The molecule has 0 atom stereocenters. The quantitative estimate of drug-likeness (QED) is 0.531. The number of halogens is 1. The molecule has 1 heterocycles. The van der Waals surface area contributed by atoms with Gasteiger partial charge in [0.25, 0.3) is 5.91 Å². The number of amides is 1. The number of anilines is 1. The van der Waals surface area contributed by atoms with Gasteiger partial charge in [-0.15, -0.1) is 0 Å². The van der Waals surface area contributed by atoms with Crippen LogP contribution in [0.25, 0.3) is 0 Å². The summed E-state index contributed by atoms with van der Waals surface area (Å²) in [6, 6.07) is 10.9. The molecule has 8 heteroatoms. The molecule has 2 N–H and O–H groups in total. The van der Waals surface area contributed by atoms with Gasteiger partial charge < -0.3 is 20.1 Å². The number of rotatable bonds is 6. The maximum Gasteiger partial charge on any atom is 0.262 e. The number of hydrogen-bond donors (Lipinski definition) is 2. The number of benzene rings is 2. The van der Waals surface area contributed by atoms with Crippen LogP contribution in [0.4, 0.5) is 5.69 Å². The Morgan fingerprint density at radius 2 is 1.70 bits per heavy atom. The maximum atomic E-state index is 13.1. The molecular weight excluding hydrogens is 492 g/mol. The molecule has 0 bridgehead atoms. The molecule has 0 saturated carbocycles. The monoisotopic (exact) mass is 520 g/mol. The highest BCUT2D eigenvalue weighted by Gasteiger charge is 2.40. The van der Waals surface area contributed by atoms with E-state index in [0.29, 0.717) is 41.0 Å². The summed E-state index contributed by atoms with van der Waals surface area (Å²) < 4.78 is 11.4. The van der Waals surface area contributed by atoms with E-state index in [2.05, 4.69) is 10.6 Å². The Kier molecular flexibility index (Phi) is 7.07. The van der Waals surface area contributed by atoms with Crippen molar-refractivity contribution >= 4 is 34.8 Å². The number of dihydropyridines is 1. The average molecular weight is 521 g/mol. The van der Waals surface area contributed by atoms with Crippen molar-refractivity contribution in [3.05, 3.63) is 75.1 Å². The van der Waals surface area contributed by atoms with E-state index >= 15 is 0 Å². The molecule has 0 radical (unpaired) electrons. The topological polar surface area (TPSA) is 93.7 Å². The van der Waals surface area contributed by atoms with Gasteiger partial charge in [0.1, 0.15) is 0 Å². The van der Waals surface area contributed by atoms with Crippen molar-refractivity contribution in [1.29, 1.82) is 0 Å². The van der Waals surface area contributed by atoms with Crippen molar-refractivity contribution in [2.75, 3.05) is 19.0 Å². The van der Waals surface area contributed by atoms with E-state index < -0.39 is 5.92 Å². The minimum atomic E-state index is -0.503. The average Bonchev–Trinajstić information content (AvgIpc) is 2.86. The summed E-state index contributed by atoms with van der Waals surface area (Å²) in [6.45, 7) is 1.68. The third-order valence-corrected chi connectivity index (χ3v) is 7.31. The molecule has 0 spiro atoms. The predicted molar refractivity (Wildman–Crippen MR) is 141 cm³/mol. The summed E-state index contributed by atoms with van der Waals surface area (Å²) >= 11 is 6.67. The van der Waals surface area contributed by atoms with Crippen LogP contribution in [-0.2, 0) is 14.4 Å². The number of aryl methyl sites for hydroxylation is 1. The van der Waals surface area contributed by atoms with Crippen LogP contribution >= 0.6 is 11.6 Å². The van der Waals surface area contributed by atoms with Crippen molar-refractivity contribution in [3.63, 3.8) is 0 Å². The molecule has 5 rings (SSSR count). The summed E-state index contributed by atoms with van der Waals surface area (Å²) in [7, 11) is 1.49. The van der Waals surface area contributed by atoms with E-state index in [4.69, 9.17) is 21.1 Å². The van der Waals surface area contributed by atoms with E-state index in [0.717, 1.165) is 42.6 Å². The second-order valence-electron chi connectivity index (χ2n) is 9.64. The van der Waals surface area contributed by atoms with Crippen LogP contribution in [-0.4, -0.2) is 31.2 Å². The van der Waals surface area contributed by atoms with Gasteiger partial charge in [-0.1, -0.05) is 23.7 Å². The molecule has 2 aromatic carbocycles. The van der Waals surface area contributed by atoms with Gasteiger partial charge in [-0.05, 0) is 68.0 Å². The first kappa shape index (κ1) is 25.1. The lowest BCUT2D eigenvalue weighted by Crippen LogP contribution is -2.36. The lowest BCUT2D eigenvalue weighted by molar-refractivity contribution is -0.118. The molecule has 0 aromatic heterocycles. The van der Waals surface area contributed by atoms with Gasteiger partial charge in [-0.25, -0.2) is 0 Å². The molecule has 37 heavy (non-hydrogen) atoms. The molecule has 0 saturated heterocycles. The Balaban J connectivity index is 1.45. The highest BCUT2D eigenvalue weighted by molar-refractivity contribution is 6.32. The minimum absolute atomic E-state index is 0.0481. The molecule has 0 fully saturated rings. The van der Waals surface area contributed by atoms with E-state index in [9.17, 15) is 14.4 Å². The van der Waals surface area contributed by atoms with Gasteiger partial charge in [0.2, 0.25) is 0 Å². The molecule has 2 aromatic rings. The van der Waals surface area contributed by atoms with Gasteiger partial charge >= 0.3 is 0 Å². The van der Waals surface area contributed by atoms with Crippen molar-refractivity contribution in [2.24, 2.45) is 0 Å². The number of allylic oxidation sites excluding steroid dienone is 4. The van der Waals surface area contributed by atoms with Crippen molar-refractivity contribution < 1.29 is 23.9 Å². The number of ether oxygens (including phenoxy) is 2. The third kappa shape index (κ3) is 5.01. The van der Waals surface area contributed by atoms with Crippen LogP contribution in [0, 0.1) is 6.92 Å². The van der Waals surface area contributed by atoms with E-state index in [1.165, 1.54) is 7.11 Å². The highest BCUT2D eigenvalue weighted by Crippen LogP contribution is 2.48. The number of Topliss-reactive ketones (excluding diaryl/α,β-unsaturated/α-hetero) is 2. The summed E-state index contributed by atoms with van der Waals surface area (Å²) in [5.74, 6) is -0.179. The highest BCUT2D eigenvalue weighted by atomic mass is 35.5. The van der Waals surface area contributed by atoms with E-state index in [1.807, 2.05) is 25.1 Å². The summed E-state index contributed by atoms with van der Waals surface area (Å²) in [6.07, 6.45) is 4.02. The van der Waals surface area contributed by atoms with Crippen LogP contribution in [0.2, 0.25) is 5.02 Å². The van der Waals surface area contributed by atoms with Crippen molar-refractivity contribution in [3.8, 4) is 11.5 Å². The molecular formula is C29H29ClN2O5. The fourth-order valence-electron chi connectivity index (χ4n) is 5.42. The second-order valence-corrected chi connectivity index (χ2v) is 10.0. The van der Waals surface area contributed by atoms with E-state index in [1.54, 1.807) is 18.2 Å². The first-order valence-electron chi connectivity index (χ1n) is 12.5.